The summed E-state index contributed by atoms with van der Waals surface area (Å²) in [5.74, 6) is 0. The van der Waals surface area contributed by atoms with Crippen LogP contribution in [0.3, 0.4) is 0 Å². The van der Waals surface area contributed by atoms with Crippen LogP contribution in [-0.4, -0.2) is 37.8 Å². The molecule has 46 valence electrons. The van der Waals surface area contributed by atoms with Crippen LogP contribution in [0.25, 0.3) is 0 Å². The molecule has 1 rings (SSSR count). The summed E-state index contributed by atoms with van der Waals surface area (Å²) in [6.45, 7) is 2.27. The first-order chi connectivity index (χ1) is 3.83. The maximum Gasteiger partial charge on any atom is 0.0360 e. The van der Waals surface area contributed by atoms with E-state index in [2.05, 4.69) is 16.9 Å². The van der Waals surface area contributed by atoms with E-state index in [-0.39, 0.29) is 0 Å². The smallest absolute Gasteiger partial charge is 0.0360 e. The zero-order valence-corrected chi connectivity index (χ0v) is 5.52. The van der Waals surface area contributed by atoms with Gasteiger partial charge < -0.3 is 4.90 Å². The van der Waals surface area contributed by atoms with Crippen LogP contribution in [-0.2, 0) is 0 Å². The third-order valence-corrected chi connectivity index (χ3v) is 1.55. The Labute approximate surface area is 50.2 Å². The van der Waals surface area contributed by atoms with Gasteiger partial charge in [0, 0.05) is 25.8 Å². The van der Waals surface area contributed by atoms with Crippen LogP contribution in [0.15, 0.2) is 4.99 Å². The molecule has 0 aromatic rings. The Hall–Kier alpha value is -0.370. The molecule has 0 bridgehead atoms. The largest absolute Gasteiger partial charge is 0.301 e. The monoisotopic (exact) mass is 112 g/mol. The Morgan fingerprint density at radius 3 is 2.62 bits per heavy atom. The Kier molecular flexibility index (Phi) is 1.63. The third-order valence-electron chi connectivity index (χ3n) is 1.55. The third kappa shape index (κ3) is 1.07. The van der Waals surface area contributed by atoms with Crippen LogP contribution < -0.4 is 0 Å². The van der Waals surface area contributed by atoms with Gasteiger partial charge in [-0.2, -0.15) is 0 Å². The van der Waals surface area contributed by atoms with Gasteiger partial charge in [-0.15, -0.1) is 0 Å². The maximum atomic E-state index is 4.11. The molecule has 1 saturated heterocycles. The van der Waals surface area contributed by atoms with Crippen molar-refractivity contribution >= 4 is 5.71 Å². The lowest BCUT2D eigenvalue weighted by Gasteiger charge is -2.01. The number of hydrogen-bond acceptors (Lipinski definition) is 2. The van der Waals surface area contributed by atoms with Crippen molar-refractivity contribution in [3.05, 3.63) is 0 Å². The number of aliphatic imine (C=N–C) groups is 1. The molecular formula is C6H12N2. The molecule has 0 unspecified atom stereocenters. The molecule has 0 amide bonds. The molecule has 0 saturated carbocycles. The predicted molar refractivity (Wildman–Crippen MR) is 35.5 cm³/mol. The van der Waals surface area contributed by atoms with Crippen LogP contribution in [0.2, 0.25) is 0 Å². The molecule has 0 radical (unpaired) electrons. The number of likely N-dealkylation sites (tertiary alicyclic amines) is 1. The van der Waals surface area contributed by atoms with Crippen molar-refractivity contribution in [1.29, 1.82) is 0 Å². The first-order valence-electron chi connectivity index (χ1n) is 2.96. The first kappa shape index (κ1) is 5.76. The fourth-order valence-corrected chi connectivity index (χ4v) is 0.972. The lowest BCUT2D eigenvalue weighted by molar-refractivity contribution is 0.428. The van der Waals surface area contributed by atoms with Crippen LogP contribution in [0.5, 0.6) is 0 Å². The lowest BCUT2D eigenvalue weighted by Crippen LogP contribution is -2.13. The standard InChI is InChI=1S/C6H12N2/c1-7-6-3-4-8(2)5-6/h3-5H2,1-2H3. The van der Waals surface area contributed by atoms with Crippen LogP contribution >= 0.6 is 0 Å². The average molecular weight is 112 g/mol. The summed E-state index contributed by atoms with van der Waals surface area (Å²) >= 11 is 0. The van der Waals surface area contributed by atoms with E-state index in [1.54, 1.807) is 0 Å². The van der Waals surface area contributed by atoms with Gasteiger partial charge in [0.15, 0.2) is 0 Å². The van der Waals surface area contributed by atoms with Crippen molar-refractivity contribution in [3.8, 4) is 0 Å². The molecule has 0 aromatic heterocycles. The fraction of sp³-hybridized carbons (Fsp3) is 0.833. The second-order valence-electron chi connectivity index (χ2n) is 2.28. The highest BCUT2D eigenvalue weighted by Gasteiger charge is 2.11. The first-order valence-corrected chi connectivity index (χ1v) is 2.96. The molecule has 1 aliphatic heterocycles. The number of rotatable bonds is 0. The van der Waals surface area contributed by atoms with Crippen LogP contribution in [0.4, 0.5) is 0 Å². The van der Waals surface area contributed by atoms with Gasteiger partial charge in [-0.25, -0.2) is 0 Å². The molecule has 1 heterocycles. The van der Waals surface area contributed by atoms with E-state index < -0.39 is 0 Å². The molecule has 0 aliphatic carbocycles. The van der Waals surface area contributed by atoms with Gasteiger partial charge in [0.25, 0.3) is 0 Å². The zero-order chi connectivity index (χ0) is 5.98. The topological polar surface area (TPSA) is 15.6 Å². The van der Waals surface area contributed by atoms with E-state index in [0.29, 0.717) is 0 Å². The fourth-order valence-electron chi connectivity index (χ4n) is 0.972. The van der Waals surface area contributed by atoms with E-state index in [0.717, 1.165) is 6.54 Å². The van der Waals surface area contributed by atoms with E-state index >= 15 is 0 Å². The van der Waals surface area contributed by atoms with Gasteiger partial charge in [0.2, 0.25) is 0 Å². The minimum atomic E-state index is 1.08. The highest BCUT2D eigenvalue weighted by molar-refractivity contribution is 5.88. The van der Waals surface area contributed by atoms with E-state index in [4.69, 9.17) is 0 Å². The molecule has 2 heteroatoms. The summed E-state index contributed by atoms with van der Waals surface area (Å²) in [5, 5.41) is 0. The van der Waals surface area contributed by atoms with Gasteiger partial charge in [0.1, 0.15) is 0 Å². The molecule has 0 aromatic carbocycles. The Bertz CT molecular complexity index is 107. The summed E-state index contributed by atoms with van der Waals surface area (Å²) in [5.41, 5.74) is 1.34. The van der Waals surface area contributed by atoms with E-state index in [1.807, 2.05) is 7.05 Å². The van der Waals surface area contributed by atoms with E-state index in [1.165, 1.54) is 18.7 Å². The van der Waals surface area contributed by atoms with Gasteiger partial charge in [-0.05, 0) is 13.5 Å². The Morgan fingerprint density at radius 1 is 1.62 bits per heavy atom. The predicted octanol–water partition coefficient (Wildman–Crippen LogP) is 0.393. The van der Waals surface area contributed by atoms with Gasteiger partial charge in [-0.1, -0.05) is 0 Å². The Morgan fingerprint density at radius 2 is 2.38 bits per heavy atom. The van der Waals surface area contributed by atoms with Crippen molar-refractivity contribution in [2.24, 2.45) is 4.99 Å². The van der Waals surface area contributed by atoms with Gasteiger partial charge >= 0.3 is 0 Å². The molecule has 1 fully saturated rings. The summed E-state index contributed by atoms with van der Waals surface area (Å²) in [4.78, 5) is 6.39. The van der Waals surface area contributed by atoms with Crippen LogP contribution in [0.1, 0.15) is 6.42 Å². The lowest BCUT2D eigenvalue weighted by atomic mass is 10.3. The highest BCUT2D eigenvalue weighted by Crippen LogP contribution is 2.00. The minimum Gasteiger partial charge on any atom is -0.301 e. The van der Waals surface area contributed by atoms with E-state index in [9.17, 15) is 0 Å². The normalized spacial score (nSPS) is 27.5. The molecule has 2 nitrogen and oxygen atoms in total. The maximum absolute atomic E-state index is 4.11. The molecule has 0 atom stereocenters. The summed E-state index contributed by atoms with van der Waals surface area (Å²) in [7, 11) is 3.99. The summed E-state index contributed by atoms with van der Waals surface area (Å²) in [6, 6.07) is 0. The number of nitrogens with zero attached hydrogens (tertiary/aromatic N) is 2. The zero-order valence-electron chi connectivity index (χ0n) is 5.52. The second kappa shape index (κ2) is 2.27. The summed E-state index contributed by atoms with van der Waals surface area (Å²) in [6.07, 6.45) is 1.17. The molecule has 0 N–H and O–H groups in total. The van der Waals surface area contributed by atoms with Crippen molar-refractivity contribution in [1.82, 2.24) is 4.90 Å². The summed E-state index contributed by atoms with van der Waals surface area (Å²) < 4.78 is 0. The van der Waals surface area contributed by atoms with Crippen molar-refractivity contribution in [3.63, 3.8) is 0 Å². The molecule has 8 heavy (non-hydrogen) atoms. The van der Waals surface area contributed by atoms with Crippen molar-refractivity contribution in [2.45, 2.75) is 6.42 Å². The molecule has 0 spiro atoms. The highest BCUT2D eigenvalue weighted by atomic mass is 15.1. The second-order valence-corrected chi connectivity index (χ2v) is 2.28. The molecule has 1 aliphatic rings. The van der Waals surface area contributed by atoms with Gasteiger partial charge in [-0.3, -0.25) is 4.99 Å². The molecular weight excluding hydrogens is 100 g/mol. The SMILES string of the molecule is CN=C1CCN(C)C1. The number of hydrogen-bond donors (Lipinski definition) is 0. The quantitative estimate of drug-likeness (QED) is 0.442. The van der Waals surface area contributed by atoms with Crippen molar-refractivity contribution in [2.75, 3.05) is 27.2 Å². The average Bonchev–Trinajstić information content (AvgIpc) is 2.14. The van der Waals surface area contributed by atoms with Crippen LogP contribution in [0, 0.1) is 0 Å². The van der Waals surface area contributed by atoms with Gasteiger partial charge in [0.05, 0.1) is 0 Å². The minimum absolute atomic E-state index is 1.08. The van der Waals surface area contributed by atoms with Crippen molar-refractivity contribution < 1.29 is 0 Å². The Balaban J connectivity index is 2.44.